The third-order valence-electron chi connectivity index (χ3n) is 3.37. The Hall–Kier alpha value is -0.860. The van der Waals surface area contributed by atoms with Gasteiger partial charge in [0.25, 0.3) is 0 Å². The maximum absolute atomic E-state index is 6.20. The third kappa shape index (κ3) is 1.18. The van der Waals surface area contributed by atoms with Crippen molar-refractivity contribution in [2.45, 2.75) is 31.7 Å². The molecule has 2 aromatic rings. The predicted octanol–water partition coefficient (Wildman–Crippen LogP) is 3.58. The van der Waals surface area contributed by atoms with Crippen LogP contribution in [0.5, 0.6) is 0 Å². The molecule has 0 spiro atoms. The second-order valence-electron chi connectivity index (χ2n) is 5.03. The Balaban J connectivity index is 2.40. The van der Waals surface area contributed by atoms with Crippen LogP contribution < -0.4 is 5.73 Å². The van der Waals surface area contributed by atoms with Crippen LogP contribution in [-0.2, 0) is 5.41 Å². The van der Waals surface area contributed by atoms with E-state index in [0.29, 0.717) is 0 Å². The molecule has 1 aromatic carbocycles. The number of hydrogen-bond donors (Lipinski definition) is 1. The van der Waals surface area contributed by atoms with Gasteiger partial charge in [-0.2, -0.15) is 0 Å². The second kappa shape index (κ2) is 2.83. The third-order valence-corrected chi connectivity index (χ3v) is 4.67. The smallest absolute Gasteiger partial charge is 0.0401 e. The first-order valence-corrected chi connectivity index (χ1v) is 6.19. The van der Waals surface area contributed by atoms with Crippen LogP contribution in [0.15, 0.2) is 24.3 Å². The number of thiophene rings is 1. The van der Waals surface area contributed by atoms with E-state index in [-0.39, 0.29) is 11.5 Å². The Morgan fingerprint density at radius 3 is 2.87 bits per heavy atom. The zero-order valence-corrected chi connectivity index (χ0v) is 9.90. The fraction of sp³-hybridized carbons (Fsp3) is 0.385. The summed E-state index contributed by atoms with van der Waals surface area (Å²) in [5.41, 5.74) is 7.94. The lowest BCUT2D eigenvalue weighted by Gasteiger charge is -2.18. The van der Waals surface area contributed by atoms with Gasteiger partial charge in [0, 0.05) is 15.6 Å². The standard InChI is InChI=1S/C13H15NS/c1-13(2)7-9(14)12-11(13)8-5-3-4-6-10(8)15-12/h3-6,9H,7,14H2,1-2H3. The minimum absolute atomic E-state index is 0.243. The summed E-state index contributed by atoms with van der Waals surface area (Å²) in [4.78, 5) is 1.40. The molecule has 15 heavy (non-hydrogen) atoms. The lowest BCUT2D eigenvalue weighted by molar-refractivity contribution is 0.484. The molecule has 2 N–H and O–H groups in total. The molecule has 2 heteroatoms. The van der Waals surface area contributed by atoms with Crippen molar-refractivity contribution >= 4 is 21.4 Å². The maximum atomic E-state index is 6.20. The minimum atomic E-state index is 0.243. The maximum Gasteiger partial charge on any atom is 0.0401 e. The van der Waals surface area contributed by atoms with Gasteiger partial charge < -0.3 is 5.73 Å². The lowest BCUT2D eigenvalue weighted by Crippen LogP contribution is -2.14. The van der Waals surface area contributed by atoms with Gasteiger partial charge in [-0.05, 0) is 28.9 Å². The van der Waals surface area contributed by atoms with Crippen molar-refractivity contribution < 1.29 is 0 Å². The second-order valence-corrected chi connectivity index (χ2v) is 6.12. The zero-order valence-electron chi connectivity index (χ0n) is 9.08. The van der Waals surface area contributed by atoms with Gasteiger partial charge in [0.2, 0.25) is 0 Å². The molecule has 78 valence electrons. The summed E-state index contributed by atoms with van der Waals surface area (Å²) in [6.07, 6.45) is 1.08. The predicted molar refractivity (Wildman–Crippen MR) is 66.4 cm³/mol. The molecule has 0 aliphatic heterocycles. The first-order valence-electron chi connectivity index (χ1n) is 5.37. The Morgan fingerprint density at radius 1 is 1.33 bits per heavy atom. The largest absolute Gasteiger partial charge is 0.323 e. The van der Waals surface area contributed by atoms with Crippen molar-refractivity contribution in [3.8, 4) is 0 Å². The highest BCUT2D eigenvalue weighted by atomic mass is 32.1. The van der Waals surface area contributed by atoms with E-state index in [9.17, 15) is 0 Å². The molecular formula is C13H15NS. The van der Waals surface area contributed by atoms with E-state index in [1.54, 1.807) is 0 Å². The van der Waals surface area contributed by atoms with Crippen LogP contribution in [0.3, 0.4) is 0 Å². The summed E-state index contributed by atoms with van der Waals surface area (Å²) >= 11 is 1.87. The van der Waals surface area contributed by atoms with Crippen LogP contribution in [-0.4, -0.2) is 0 Å². The molecule has 1 heterocycles. The van der Waals surface area contributed by atoms with Gasteiger partial charge in [-0.25, -0.2) is 0 Å². The monoisotopic (exact) mass is 217 g/mol. The van der Waals surface area contributed by atoms with Gasteiger partial charge in [0.05, 0.1) is 0 Å². The Kier molecular flexibility index (Phi) is 1.77. The molecule has 1 atom stereocenters. The molecule has 1 aromatic heterocycles. The van der Waals surface area contributed by atoms with Crippen LogP contribution >= 0.6 is 11.3 Å². The van der Waals surface area contributed by atoms with E-state index in [0.717, 1.165) is 6.42 Å². The summed E-state index contributed by atoms with van der Waals surface area (Å²) in [5, 5.41) is 1.41. The summed E-state index contributed by atoms with van der Waals surface area (Å²) in [6, 6.07) is 8.89. The SMILES string of the molecule is CC1(C)CC(N)c2sc3ccccc3c21. The fourth-order valence-electron chi connectivity index (χ4n) is 2.77. The molecule has 1 unspecified atom stereocenters. The van der Waals surface area contributed by atoms with Crippen molar-refractivity contribution in [1.82, 2.24) is 0 Å². The van der Waals surface area contributed by atoms with Gasteiger partial charge in [0.15, 0.2) is 0 Å². The quantitative estimate of drug-likeness (QED) is 0.717. The van der Waals surface area contributed by atoms with E-state index >= 15 is 0 Å². The number of fused-ring (bicyclic) bond motifs is 3. The van der Waals surface area contributed by atoms with E-state index in [2.05, 4.69) is 38.1 Å². The molecule has 1 aliphatic rings. The normalized spacial score (nSPS) is 23.3. The molecule has 3 rings (SSSR count). The molecule has 1 nitrogen and oxygen atoms in total. The van der Waals surface area contributed by atoms with Crippen molar-refractivity contribution in [3.05, 3.63) is 34.7 Å². The fourth-order valence-corrected chi connectivity index (χ4v) is 4.15. The molecule has 0 saturated carbocycles. The number of benzene rings is 1. The average molecular weight is 217 g/mol. The van der Waals surface area contributed by atoms with Crippen LogP contribution in [0.2, 0.25) is 0 Å². The number of rotatable bonds is 0. The van der Waals surface area contributed by atoms with E-state index in [4.69, 9.17) is 5.73 Å². The molecule has 1 aliphatic carbocycles. The molecule has 0 fully saturated rings. The number of hydrogen-bond acceptors (Lipinski definition) is 2. The molecule has 0 bridgehead atoms. The highest BCUT2D eigenvalue weighted by Gasteiger charge is 2.38. The molecule has 0 amide bonds. The Labute approximate surface area is 93.9 Å². The average Bonchev–Trinajstić information content (AvgIpc) is 2.64. The van der Waals surface area contributed by atoms with Gasteiger partial charge in [0.1, 0.15) is 0 Å². The van der Waals surface area contributed by atoms with Gasteiger partial charge in [-0.15, -0.1) is 11.3 Å². The zero-order chi connectivity index (χ0) is 10.6. The summed E-state index contributed by atoms with van der Waals surface area (Å²) < 4.78 is 1.38. The summed E-state index contributed by atoms with van der Waals surface area (Å²) in [7, 11) is 0. The first kappa shape index (κ1) is 9.37. The van der Waals surface area contributed by atoms with Crippen LogP contribution in [0, 0.1) is 0 Å². The van der Waals surface area contributed by atoms with Gasteiger partial charge in [-0.1, -0.05) is 32.0 Å². The van der Waals surface area contributed by atoms with Crippen LogP contribution in [0.25, 0.3) is 10.1 Å². The van der Waals surface area contributed by atoms with Gasteiger partial charge >= 0.3 is 0 Å². The van der Waals surface area contributed by atoms with E-state index in [1.807, 2.05) is 11.3 Å². The number of nitrogens with two attached hydrogens (primary N) is 1. The first-order chi connectivity index (χ1) is 7.09. The molecule has 0 radical (unpaired) electrons. The summed E-state index contributed by atoms with van der Waals surface area (Å²) in [5.74, 6) is 0. The van der Waals surface area contributed by atoms with Crippen LogP contribution in [0.1, 0.15) is 36.8 Å². The topological polar surface area (TPSA) is 26.0 Å². The lowest BCUT2D eigenvalue weighted by atomic mass is 9.85. The van der Waals surface area contributed by atoms with Gasteiger partial charge in [-0.3, -0.25) is 0 Å². The summed E-state index contributed by atoms with van der Waals surface area (Å²) in [6.45, 7) is 4.61. The van der Waals surface area contributed by atoms with Crippen molar-refractivity contribution in [2.24, 2.45) is 5.73 Å². The Bertz CT molecular complexity index is 524. The van der Waals surface area contributed by atoms with Crippen molar-refractivity contribution in [1.29, 1.82) is 0 Å². The highest BCUT2D eigenvalue weighted by Crippen LogP contribution is 2.50. The highest BCUT2D eigenvalue weighted by molar-refractivity contribution is 7.19. The minimum Gasteiger partial charge on any atom is -0.323 e. The van der Waals surface area contributed by atoms with Crippen LogP contribution in [0.4, 0.5) is 0 Å². The van der Waals surface area contributed by atoms with E-state index < -0.39 is 0 Å². The molecular weight excluding hydrogens is 202 g/mol. The molecule has 0 saturated heterocycles. The Morgan fingerprint density at radius 2 is 2.07 bits per heavy atom. The van der Waals surface area contributed by atoms with Crippen molar-refractivity contribution in [2.75, 3.05) is 0 Å². The van der Waals surface area contributed by atoms with Crippen molar-refractivity contribution in [3.63, 3.8) is 0 Å². The van der Waals surface area contributed by atoms with E-state index in [1.165, 1.54) is 20.5 Å².